The number of likely N-dealkylation sites (tertiary alicyclic amines) is 1. The second-order valence-corrected chi connectivity index (χ2v) is 8.73. The van der Waals surface area contributed by atoms with Crippen molar-refractivity contribution in [1.29, 1.82) is 0 Å². The van der Waals surface area contributed by atoms with Crippen LogP contribution in [0.5, 0.6) is 0 Å². The summed E-state index contributed by atoms with van der Waals surface area (Å²) in [5.41, 5.74) is 0.823. The van der Waals surface area contributed by atoms with Crippen molar-refractivity contribution in [2.75, 3.05) is 24.7 Å². The van der Waals surface area contributed by atoms with E-state index in [-0.39, 0.29) is 49.7 Å². The predicted octanol–water partition coefficient (Wildman–Crippen LogP) is 0.639. The van der Waals surface area contributed by atoms with E-state index in [1.165, 1.54) is 4.90 Å². The number of carbonyl (C=O) groups is 3. The average Bonchev–Trinajstić information content (AvgIpc) is 3.35. The third kappa shape index (κ3) is 5.63. The van der Waals surface area contributed by atoms with Crippen molar-refractivity contribution in [1.82, 2.24) is 15.5 Å². The lowest BCUT2D eigenvalue weighted by atomic mass is 9.94. The van der Waals surface area contributed by atoms with Crippen LogP contribution in [0, 0.1) is 0 Å². The van der Waals surface area contributed by atoms with Crippen LogP contribution < -0.4 is 10.6 Å². The fraction of sp³-hybridized carbons (Fsp3) is 0.526. The molecule has 3 rings (SSSR count). The van der Waals surface area contributed by atoms with E-state index in [2.05, 4.69) is 10.6 Å². The SMILES string of the molecule is O=C(NC[C@H](CC(=O)N1C[C@H](O)C[C@H]1C(=O)O)c1ccc(Cl)cc1)[C@@H]1CSCN1. The highest BCUT2D eigenvalue weighted by molar-refractivity contribution is 7.99. The first-order valence-electron chi connectivity index (χ1n) is 9.39. The molecule has 2 fully saturated rings. The molecule has 0 aromatic heterocycles. The molecule has 10 heteroatoms. The van der Waals surface area contributed by atoms with E-state index in [0.717, 1.165) is 11.4 Å². The zero-order valence-corrected chi connectivity index (χ0v) is 17.3. The van der Waals surface area contributed by atoms with Crippen molar-refractivity contribution < 1.29 is 24.6 Å². The summed E-state index contributed by atoms with van der Waals surface area (Å²) >= 11 is 7.61. The molecule has 4 atom stereocenters. The summed E-state index contributed by atoms with van der Waals surface area (Å²) in [7, 11) is 0. The zero-order chi connectivity index (χ0) is 21.0. The number of nitrogens with one attached hydrogen (secondary N) is 2. The molecule has 0 aliphatic carbocycles. The van der Waals surface area contributed by atoms with Gasteiger partial charge in [0.2, 0.25) is 11.8 Å². The van der Waals surface area contributed by atoms with Crippen molar-refractivity contribution in [2.45, 2.75) is 36.9 Å². The molecule has 2 amide bonds. The van der Waals surface area contributed by atoms with Crippen molar-refractivity contribution in [3.05, 3.63) is 34.9 Å². The lowest BCUT2D eigenvalue weighted by Crippen LogP contribution is -2.44. The van der Waals surface area contributed by atoms with E-state index >= 15 is 0 Å². The minimum Gasteiger partial charge on any atom is -0.480 e. The molecule has 8 nitrogen and oxygen atoms in total. The van der Waals surface area contributed by atoms with Gasteiger partial charge in [-0.3, -0.25) is 14.9 Å². The summed E-state index contributed by atoms with van der Waals surface area (Å²) in [6, 6.07) is 5.73. The monoisotopic (exact) mass is 441 g/mol. The van der Waals surface area contributed by atoms with Crippen LogP contribution in [0.25, 0.3) is 0 Å². The smallest absolute Gasteiger partial charge is 0.326 e. The highest BCUT2D eigenvalue weighted by Gasteiger charge is 2.39. The lowest BCUT2D eigenvalue weighted by Gasteiger charge is -2.25. The number of amides is 2. The van der Waals surface area contributed by atoms with Gasteiger partial charge in [0.25, 0.3) is 0 Å². The molecule has 29 heavy (non-hydrogen) atoms. The molecule has 2 saturated heterocycles. The Labute approximate surface area is 178 Å². The van der Waals surface area contributed by atoms with E-state index in [9.17, 15) is 24.6 Å². The van der Waals surface area contributed by atoms with Crippen molar-refractivity contribution in [3.8, 4) is 0 Å². The van der Waals surface area contributed by atoms with Crippen LogP contribution >= 0.6 is 23.4 Å². The van der Waals surface area contributed by atoms with E-state index in [1.54, 1.807) is 36.0 Å². The first kappa shape index (κ1) is 21.9. The Morgan fingerprint density at radius 3 is 2.66 bits per heavy atom. The Morgan fingerprint density at radius 1 is 1.31 bits per heavy atom. The molecule has 1 aromatic carbocycles. The van der Waals surface area contributed by atoms with Crippen LogP contribution in [0.1, 0.15) is 24.3 Å². The van der Waals surface area contributed by atoms with Crippen molar-refractivity contribution >= 4 is 41.1 Å². The van der Waals surface area contributed by atoms with Gasteiger partial charge in [-0.05, 0) is 17.7 Å². The van der Waals surface area contributed by atoms with Crippen LogP contribution in [-0.4, -0.2) is 75.8 Å². The number of carbonyl (C=O) groups excluding carboxylic acids is 2. The van der Waals surface area contributed by atoms with Crippen LogP contribution in [0.2, 0.25) is 5.02 Å². The van der Waals surface area contributed by atoms with Gasteiger partial charge in [-0.25, -0.2) is 4.79 Å². The number of halogens is 1. The number of hydrogen-bond acceptors (Lipinski definition) is 6. The second-order valence-electron chi connectivity index (χ2n) is 7.26. The summed E-state index contributed by atoms with van der Waals surface area (Å²) in [6.07, 6.45) is -0.806. The van der Waals surface area contributed by atoms with Crippen LogP contribution in [0.15, 0.2) is 24.3 Å². The number of aliphatic hydroxyl groups is 1. The molecule has 1 aromatic rings. The molecule has 4 N–H and O–H groups in total. The van der Waals surface area contributed by atoms with Gasteiger partial charge in [0, 0.05) is 48.5 Å². The number of hydrogen-bond donors (Lipinski definition) is 4. The van der Waals surface area contributed by atoms with Gasteiger partial charge in [0.05, 0.1) is 12.1 Å². The van der Waals surface area contributed by atoms with Crippen molar-refractivity contribution in [3.63, 3.8) is 0 Å². The number of aliphatic hydroxyl groups excluding tert-OH is 1. The van der Waals surface area contributed by atoms with Gasteiger partial charge < -0.3 is 20.4 Å². The third-order valence-electron chi connectivity index (χ3n) is 5.20. The number of β-amino-alcohol motifs (C(OH)–C–C–N with tert-alkyl or cyclic N) is 1. The fourth-order valence-electron chi connectivity index (χ4n) is 3.60. The Balaban J connectivity index is 1.70. The number of carboxylic acid groups (broad SMARTS) is 1. The second kappa shape index (κ2) is 9.80. The summed E-state index contributed by atoms with van der Waals surface area (Å²) in [4.78, 5) is 37.8. The molecule has 0 saturated carbocycles. The Morgan fingerprint density at radius 2 is 2.03 bits per heavy atom. The molecular formula is C19H24ClN3O5S. The van der Waals surface area contributed by atoms with E-state index in [1.807, 2.05) is 0 Å². The first-order chi connectivity index (χ1) is 13.8. The summed E-state index contributed by atoms with van der Waals surface area (Å²) in [6.45, 7) is 0.238. The van der Waals surface area contributed by atoms with E-state index < -0.39 is 18.1 Å². The fourth-order valence-corrected chi connectivity index (χ4v) is 4.67. The predicted molar refractivity (Wildman–Crippen MR) is 110 cm³/mol. The standard InChI is InChI=1S/C19H24ClN3O5S/c20-13-3-1-11(2-4-13)12(7-21-18(26)15-9-29-10-22-15)5-17(25)23-8-14(24)6-16(23)19(27)28/h1-4,12,14-16,22,24H,5-10H2,(H,21,26)(H,27,28)/t12-,14+,15-,16-/m0/s1. The highest BCUT2D eigenvalue weighted by Crippen LogP contribution is 2.26. The van der Waals surface area contributed by atoms with Gasteiger partial charge in [-0.2, -0.15) is 0 Å². The lowest BCUT2D eigenvalue weighted by molar-refractivity contribution is -0.148. The maximum atomic E-state index is 12.9. The normalized spacial score (nSPS) is 25.0. The van der Waals surface area contributed by atoms with Gasteiger partial charge in [-0.15, -0.1) is 11.8 Å². The number of benzene rings is 1. The molecule has 0 spiro atoms. The quantitative estimate of drug-likeness (QED) is 0.490. The number of carboxylic acids is 1. The van der Waals surface area contributed by atoms with E-state index in [4.69, 9.17) is 11.6 Å². The molecule has 2 heterocycles. The maximum absolute atomic E-state index is 12.9. The van der Waals surface area contributed by atoms with Gasteiger partial charge in [-0.1, -0.05) is 23.7 Å². The maximum Gasteiger partial charge on any atom is 0.326 e. The largest absolute Gasteiger partial charge is 0.480 e. The molecule has 0 radical (unpaired) electrons. The Bertz CT molecular complexity index is 757. The van der Waals surface area contributed by atoms with Crippen molar-refractivity contribution in [2.24, 2.45) is 0 Å². The van der Waals surface area contributed by atoms with Gasteiger partial charge >= 0.3 is 5.97 Å². The first-order valence-corrected chi connectivity index (χ1v) is 10.9. The highest BCUT2D eigenvalue weighted by atomic mass is 35.5. The van der Waals surface area contributed by atoms with Gasteiger partial charge in [0.15, 0.2) is 0 Å². The molecule has 2 aliphatic heterocycles. The number of rotatable bonds is 7. The molecule has 0 bridgehead atoms. The minimum atomic E-state index is -1.13. The summed E-state index contributed by atoms with van der Waals surface area (Å²) in [5.74, 6) is -0.534. The Hall–Kier alpha value is -1.81. The van der Waals surface area contributed by atoms with Crippen LogP contribution in [-0.2, 0) is 14.4 Å². The number of thioether (sulfide) groups is 1. The summed E-state index contributed by atoms with van der Waals surface area (Å²) in [5, 5.41) is 25.7. The van der Waals surface area contributed by atoms with Gasteiger partial charge in [0.1, 0.15) is 6.04 Å². The molecule has 2 aliphatic rings. The minimum absolute atomic E-state index is 0.00128. The van der Waals surface area contributed by atoms with Crippen LogP contribution in [0.3, 0.4) is 0 Å². The number of aliphatic carboxylic acids is 1. The molecular weight excluding hydrogens is 418 g/mol. The number of nitrogens with zero attached hydrogens (tertiary/aromatic N) is 1. The summed E-state index contributed by atoms with van der Waals surface area (Å²) < 4.78 is 0. The topological polar surface area (TPSA) is 119 Å². The van der Waals surface area contributed by atoms with E-state index in [0.29, 0.717) is 10.8 Å². The third-order valence-corrected chi connectivity index (χ3v) is 6.39. The zero-order valence-electron chi connectivity index (χ0n) is 15.7. The molecule has 158 valence electrons. The Kier molecular flexibility index (Phi) is 7.39. The van der Waals surface area contributed by atoms with Crippen LogP contribution in [0.4, 0.5) is 0 Å². The molecule has 0 unspecified atom stereocenters. The average molecular weight is 442 g/mol.